The molecule has 5 heteroatoms. The summed E-state index contributed by atoms with van der Waals surface area (Å²) in [4.78, 5) is 32.0. The molecule has 4 nitrogen and oxygen atoms in total. The zero-order valence-corrected chi connectivity index (χ0v) is 21.5. The highest BCUT2D eigenvalue weighted by atomic mass is 32.1. The molecule has 0 radical (unpaired) electrons. The molecule has 36 heavy (non-hydrogen) atoms. The first-order valence-electron chi connectivity index (χ1n) is 12.4. The minimum absolute atomic E-state index is 0.0174. The van der Waals surface area contributed by atoms with E-state index in [4.69, 9.17) is 0 Å². The minimum Gasteiger partial charge on any atom is -0.330 e. The molecular formula is C31H30N2O2S. The quantitative estimate of drug-likeness (QED) is 0.313. The van der Waals surface area contributed by atoms with E-state index < -0.39 is 0 Å². The van der Waals surface area contributed by atoms with Gasteiger partial charge >= 0.3 is 0 Å². The van der Waals surface area contributed by atoms with Crippen LogP contribution in [0.3, 0.4) is 0 Å². The number of carbonyl (C=O) groups is 2. The molecule has 0 bridgehead atoms. The molecular weight excluding hydrogens is 464 g/mol. The Hall–Kier alpha value is -3.70. The Morgan fingerprint density at radius 3 is 2.31 bits per heavy atom. The Kier molecular flexibility index (Phi) is 7.01. The predicted molar refractivity (Wildman–Crippen MR) is 146 cm³/mol. The number of nitrogens with zero attached hydrogens (tertiary/aromatic N) is 2. The number of carbonyl (C=O) groups excluding carboxylic acids is 2. The zero-order chi connectivity index (χ0) is 25.1. The van der Waals surface area contributed by atoms with Gasteiger partial charge in [-0.1, -0.05) is 66.7 Å². The van der Waals surface area contributed by atoms with Gasteiger partial charge in [-0.3, -0.25) is 9.59 Å². The lowest BCUT2D eigenvalue weighted by atomic mass is 9.90. The van der Waals surface area contributed by atoms with Crippen molar-refractivity contribution in [1.29, 1.82) is 0 Å². The van der Waals surface area contributed by atoms with Crippen molar-refractivity contribution in [3.63, 3.8) is 0 Å². The van der Waals surface area contributed by atoms with Crippen molar-refractivity contribution in [2.75, 3.05) is 19.6 Å². The average molecular weight is 495 g/mol. The van der Waals surface area contributed by atoms with E-state index in [1.54, 1.807) is 16.2 Å². The van der Waals surface area contributed by atoms with Crippen molar-refractivity contribution < 1.29 is 9.59 Å². The molecule has 3 aromatic carbocycles. The van der Waals surface area contributed by atoms with E-state index in [1.807, 2.05) is 66.4 Å². The van der Waals surface area contributed by atoms with Crippen LogP contribution in [0.2, 0.25) is 0 Å². The van der Waals surface area contributed by atoms with E-state index in [2.05, 4.69) is 42.6 Å². The first kappa shape index (κ1) is 24.0. The van der Waals surface area contributed by atoms with E-state index in [9.17, 15) is 9.59 Å². The van der Waals surface area contributed by atoms with Crippen LogP contribution in [0, 0.1) is 6.92 Å². The van der Waals surface area contributed by atoms with Crippen LogP contribution in [0.15, 0.2) is 90.3 Å². The SMILES string of the molecule is CCN(CC(=O)N1CCc2sccc2C1c1ccccc1C)C(=O)c1ccc(-c2ccccc2)cc1. The topological polar surface area (TPSA) is 40.6 Å². The largest absolute Gasteiger partial charge is 0.330 e. The summed E-state index contributed by atoms with van der Waals surface area (Å²) in [6.45, 7) is 5.22. The Bertz CT molecular complexity index is 1360. The minimum atomic E-state index is -0.119. The van der Waals surface area contributed by atoms with Gasteiger partial charge in [-0.2, -0.15) is 0 Å². The lowest BCUT2D eigenvalue weighted by molar-refractivity contribution is -0.134. The van der Waals surface area contributed by atoms with E-state index in [-0.39, 0.29) is 24.4 Å². The molecule has 4 aromatic rings. The van der Waals surface area contributed by atoms with Gasteiger partial charge in [-0.05, 0) is 71.7 Å². The molecule has 1 aliphatic heterocycles. The normalized spacial score (nSPS) is 14.8. The second-order valence-corrected chi connectivity index (χ2v) is 10.2. The Labute approximate surface area is 216 Å². The maximum atomic E-state index is 13.7. The molecule has 1 aliphatic rings. The summed E-state index contributed by atoms with van der Waals surface area (Å²) in [5, 5.41) is 2.12. The number of likely N-dealkylation sites (N-methyl/N-ethyl adjacent to an activating group) is 1. The number of aryl methyl sites for hydroxylation is 1. The smallest absolute Gasteiger partial charge is 0.254 e. The van der Waals surface area contributed by atoms with Gasteiger partial charge in [0.05, 0.1) is 6.04 Å². The van der Waals surface area contributed by atoms with Crippen molar-refractivity contribution in [2.45, 2.75) is 26.3 Å². The third-order valence-electron chi connectivity index (χ3n) is 7.00. The van der Waals surface area contributed by atoms with Gasteiger partial charge in [0, 0.05) is 23.5 Å². The van der Waals surface area contributed by atoms with Crippen molar-refractivity contribution >= 4 is 23.2 Å². The molecule has 2 heterocycles. The van der Waals surface area contributed by atoms with Crippen molar-refractivity contribution in [2.24, 2.45) is 0 Å². The Morgan fingerprint density at radius 2 is 1.58 bits per heavy atom. The highest BCUT2D eigenvalue weighted by molar-refractivity contribution is 7.10. The highest BCUT2D eigenvalue weighted by Gasteiger charge is 2.34. The summed E-state index contributed by atoms with van der Waals surface area (Å²) < 4.78 is 0. The van der Waals surface area contributed by atoms with Gasteiger partial charge in [-0.25, -0.2) is 0 Å². The standard InChI is InChI=1S/C31H30N2O2S/c1-3-32(31(35)25-15-13-24(14-16-25)23-10-5-4-6-11-23)21-29(34)33-19-17-28-27(18-20-36-28)30(33)26-12-8-7-9-22(26)2/h4-16,18,20,30H,3,17,19,21H2,1-2H3. The summed E-state index contributed by atoms with van der Waals surface area (Å²) in [5.41, 5.74) is 6.29. The monoisotopic (exact) mass is 494 g/mol. The van der Waals surface area contributed by atoms with Gasteiger partial charge < -0.3 is 9.80 Å². The summed E-state index contributed by atoms with van der Waals surface area (Å²) in [5.74, 6) is -0.137. The van der Waals surface area contributed by atoms with Crippen LogP contribution in [0.4, 0.5) is 0 Å². The van der Waals surface area contributed by atoms with Crippen molar-refractivity contribution in [3.8, 4) is 11.1 Å². The third-order valence-corrected chi connectivity index (χ3v) is 8.00. The summed E-state index contributed by atoms with van der Waals surface area (Å²) >= 11 is 1.76. The molecule has 1 aromatic heterocycles. The van der Waals surface area contributed by atoms with Crippen LogP contribution >= 0.6 is 11.3 Å². The van der Waals surface area contributed by atoms with Crippen molar-refractivity contribution in [1.82, 2.24) is 9.80 Å². The van der Waals surface area contributed by atoms with Gasteiger partial charge in [-0.15, -0.1) is 11.3 Å². The van der Waals surface area contributed by atoms with Crippen LogP contribution < -0.4 is 0 Å². The molecule has 1 atom stereocenters. The molecule has 5 rings (SSSR count). The summed E-state index contributed by atoms with van der Waals surface area (Å²) in [7, 11) is 0. The number of hydrogen-bond acceptors (Lipinski definition) is 3. The molecule has 0 aliphatic carbocycles. The van der Waals surface area contributed by atoms with Crippen LogP contribution in [-0.2, 0) is 11.2 Å². The lowest BCUT2D eigenvalue weighted by Crippen LogP contribution is -2.46. The van der Waals surface area contributed by atoms with Gasteiger partial charge in [0.2, 0.25) is 5.91 Å². The van der Waals surface area contributed by atoms with Gasteiger partial charge in [0.1, 0.15) is 6.54 Å². The summed E-state index contributed by atoms with van der Waals surface area (Å²) in [6, 6.07) is 28.0. The van der Waals surface area contributed by atoms with Gasteiger partial charge in [0.25, 0.3) is 5.91 Å². The fraction of sp³-hybridized carbons (Fsp3) is 0.226. The molecule has 0 saturated heterocycles. The predicted octanol–water partition coefficient (Wildman–Crippen LogP) is 6.36. The van der Waals surface area contributed by atoms with E-state index in [0.29, 0.717) is 18.7 Å². The molecule has 0 N–H and O–H groups in total. The van der Waals surface area contributed by atoms with Crippen LogP contribution in [0.1, 0.15) is 44.9 Å². The van der Waals surface area contributed by atoms with Crippen molar-refractivity contribution in [3.05, 3.63) is 117 Å². The number of rotatable bonds is 6. The van der Waals surface area contributed by atoms with Gasteiger partial charge in [0.15, 0.2) is 0 Å². The molecule has 0 fully saturated rings. The second-order valence-electron chi connectivity index (χ2n) is 9.16. The fourth-order valence-corrected chi connectivity index (χ4v) is 5.92. The first-order chi connectivity index (χ1) is 17.6. The fourth-order valence-electron chi connectivity index (χ4n) is 5.01. The molecule has 2 amide bonds. The van der Waals surface area contributed by atoms with E-state index in [0.717, 1.165) is 23.1 Å². The van der Waals surface area contributed by atoms with E-state index in [1.165, 1.54) is 16.0 Å². The molecule has 182 valence electrons. The third kappa shape index (κ3) is 4.71. The molecule has 0 spiro atoms. The number of benzene rings is 3. The number of fused-ring (bicyclic) bond motifs is 1. The number of hydrogen-bond donors (Lipinski definition) is 0. The van der Waals surface area contributed by atoms with Crippen LogP contribution in [0.25, 0.3) is 11.1 Å². The summed E-state index contributed by atoms with van der Waals surface area (Å²) in [6.07, 6.45) is 0.849. The average Bonchev–Trinajstić information content (AvgIpc) is 3.41. The van der Waals surface area contributed by atoms with E-state index >= 15 is 0 Å². The van der Waals surface area contributed by atoms with Crippen LogP contribution in [-0.4, -0.2) is 41.2 Å². The zero-order valence-electron chi connectivity index (χ0n) is 20.7. The lowest BCUT2D eigenvalue weighted by Gasteiger charge is -2.38. The van der Waals surface area contributed by atoms with Crippen LogP contribution in [0.5, 0.6) is 0 Å². The maximum absolute atomic E-state index is 13.7. The number of amides is 2. The highest BCUT2D eigenvalue weighted by Crippen LogP contribution is 2.39. The Balaban J connectivity index is 1.36. The maximum Gasteiger partial charge on any atom is 0.254 e. The Morgan fingerprint density at radius 1 is 0.889 bits per heavy atom. The second kappa shape index (κ2) is 10.5. The molecule has 1 unspecified atom stereocenters. The molecule has 0 saturated carbocycles. The first-order valence-corrected chi connectivity index (χ1v) is 13.3. The number of thiophene rings is 1.